The number of ether oxygens (including phenoxy) is 1. The van der Waals surface area contributed by atoms with E-state index in [0.717, 1.165) is 30.1 Å². The van der Waals surface area contributed by atoms with E-state index in [1.54, 1.807) is 6.07 Å². The first-order valence-corrected chi connectivity index (χ1v) is 11.9. The van der Waals surface area contributed by atoms with E-state index in [0.29, 0.717) is 18.9 Å². The van der Waals surface area contributed by atoms with Crippen molar-refractivity contribution in [2.75, 3.05) is 6.61 Å². The second kappa shape index (κ2) is 9.56. The van der Waals surface area contributed by atoms with Gasteiger partial charge in [-0.3, -0.25) is 4.79 Å². The molecule has 5 heteroatoms. The van der Waals surface area contributed by atoms with Crippen molar-refractivity contribution in [3.63, 3.8) is 0 Å². The second-order valence-corrected chi connectivity index (χ2v) is 8.65. The summed E-state index contributed by atoms with van der Waals surface area (Å²) in [7, 11) is 0. The lowest BCUT2D eigenvalue weighted by molar-refractivity contribution is 0.297. The molecule has 0 spiro atoms. The zero-order valence-electron chi connectivity index (χ0n) is 19.4. The van der Waals surface area contributed by atoms with Gasteiger partial charge in [0.15, 0.2) is 11.6 Å². The summed E-state index contributed by atoms with van der Waals surface area (Å²) >= 11 is 0. The average molecular weight is 452 g/mol. The predicted octanol–water partition coefficient (Wildman–Crippen LogP) is 5.92. The number of nitrogens with zero attached hydrogens (tertiary/aromatic N) is 3. The molecule has 172 valence electrons. The van der Waals surface area contributed by atoms with Gasteiger partial charge in [0.05, 0.1) is 24.5 Å². The fourth-order valence-corrected chi connectivity index (χ4v) is 4.91. The summed E-state index contributed by atoms with van der Waals surface area (Å²) in [5.41, 5.74) is 4.00. The van der Waals surface area contributed by atoms with Gasteiger partial charge in [-0.1, -0.05) is 80.6 Å². The van der Waals surface area contributed by atoms with Gasteiger partial charge in [-0.15, -0.1) is 0 Å². The van der Waals surface area contributed by atoms with Gasteiger partial charge in [-0.2, -0.15) is 0 Å². The van der Waals surface area contributed by atoms with Crippen LogP contribution in [0.4, 0.5) is 0 Å². The number of pyridine rings is 1. The quantitative estimate of drug-likeness (QED) is 0.313. The zero-order valence-corrected chi connectivity index (χ0v) is 19.4. The summed E-state index contributed by atoms with van der Waals surface area (Å²) in [6.07, 6.45) is 7.43. The van der Waals surface area contributed by atoms with Crippen LogP contribution in [0.5, 0.6) is 5.75 Å². The Hall–Kier alpha value is -3.86. The van der Waals surface area contributed by atoms with E-state index < -0.39 is 0 Å². The van der Waals surface area contributed by atoms with Crippen molar-refractivity contribution in [2.45, 2.75) is 38.3 Å². The fraction of sp³-hybridized carbons (Fsp3) is 0.241. The molecule has 4 aromatic rings. The normalized spacial score (nSPS) is 14.5. The highest BCUT2D eigenvalue weighted by Crippen LogP contribution is 2.43. The molecule has 2 aromatic heterocycles. The topological polar surface area (TPSA) is 49.0 Å². The molecule has 0 fully saturated rings. The molecule has 1 atom stereocenters. The Morgan fingerprint density at radius 1 is 1.09 bits per heavy atom. The molecule has 0 aliphatic carbocycles. The molecule has 34 heavy (non-hydrogen) atoms. The van der Waals surface area contributed by atoms with Crippen LogP contribution in [0.25, 0.3) is 17.6 Å². The molecular formula is C29H29N3O2. The molecule has 1 aliphatic rings. The molecule has 0 N–H and O–H groups in total. The van der Waals surface area contributed by atoms with Gasteiger partial charge in [-0.25, -0.2) is 4.98 Å². The van der Waals surface area contributed by atoms with Crippen LogP contribution in [-0.4, -0.2) is 20.7 Å². The summed E-state index contributed by atoms with van der Waals surface area (Å²) < 4.78 is 10.5. The fourth-order valence-electron chi connectivity index (χ4n) is 4.91. The minimum atomic E-state index is -0.117. The maximum absolute atomic E-state index is 13.0. The highest BCUT2D eigenvalue weighted by Gasteiger charge is 2.35. The molecule has 5 nitrogen and oxygen atoms in total. The first-order valence-electron chi connectivity index (χ1n) is 11.9. The number of benzene rings is 2. The van der Waals surface area contributed by atoms with E-state index in [1.807, 2.05) is 30.6 Å². The molecule has 3 heterocycles. The van der Waals surface area contributed by atoms with Crippen LogP contribution in [0.1, 0.15) is 48.5 Å². The monoisotopic (exact) mass is 451 g/mol. The Morgan fingerprint density at radius 2 is 1.76 bits per heavy atom. The van der Waals surface area contributed by atoms with Crippen molar-refractivity contribution in [3.8, 4) is 17.3 Å². The number of rotatable bonds is 8. The van der Waals surface area contributed by atoms with Crippen LogP contribution in [-0.2, 0) is 6.54 Å². The van der Waals surface area contributed by atoms with E-state index >= 15 is 0 Å². The van der Waals surface area contributed by atoms with Gasteiger partial charge in [0, 0.05) is 24.7 Å². The van der Waals surface area contributed by atoms with Crippen LogP contribution >= 0.6 is 0 Å². The van der Waals surface area contributed by atoms with Crippen LogP contribution in [0, 0.1) is 0 Å². The van der Waals surface area contributed by atoms with Gasteiger partial charge >= 0.3 is 0 Å². The molecular weight excluding hydrogens is 422 g/mol. The molecule has 0 bridgehead atoms. The van der Waals surface area contributed by atoms with E-state index in [2.05, 4.69) is 71.2 Å². The predicted molar refractivity (Wildman–Crippen MR) is 136 cm³/mol. The second-order valence-electron chi connectivity index (χ2n) is 8.65. The third-order valence-corrected chi connectivity index (χ3v) is 6.56. The third kappa shape index (κ3) is 3.87. The minimum absolute atomic E-state index is 0.00863. The van der Waals surface area contributed by atoms with E-state index in [4.69, 9.17) is 9.72 Å². The molecule has 0 radical (unpaired) electrons. The molecule has 0 saturated carbocycles. The first-order chi connectivity index (χ1) is 16.7. The SMILES string of the molecule is C=Cc1cnc2n1C[C@H](C(c1ccccc1)c1ccccc1)n1ccc(=O)c(OCCCC)c1-2. The minimum Gasteiger partial charge on any atom is -0.487 e. The van der Waals surface area contributed by atoms with Crippen LogP contribution in [0.3, 0.4) is 0 Å². The average Bonchev–Trinajstić information content (AvgIpc) is 3.29. The van der Waals surface area contributed by atoms with Crippen LogP contribution < -0.4 is 10.2 Å². The van der Waals surface area contributed by atoms with Crippen molar-refractivity contribution in [1.82, 2.24) is 14.1 Å². The molecule has 0 unspecified atom stereocenters. The number of hydrogen-bond donors (Lipinski definition) is 0. The van der Waals surface area contributed by atoms with Crippen LogP contribution in [0.2, 0.25) is 0 Å². The lowest BCUT2D eigenvalue weighted by Gasteiger charge is -2.36. The van der Waals surface area contributed by atoms with Gasteiger partial charge in [0.25, 0.3) is 0 Å². The number of aromatic nitrogens is 3. The number of hydrogen-bond acceptors (Lipinski definition) is 3. The van der Waals surface area contributed by atoms with Crippen molar-refractivity contribution in [1.29, 1.82) is 0 Å². The van der Waals surface area contributed by atoms with E-state index in [1.165, 1.54) is 11.1 Å². The Kier molecular flexibility index (Phi) is 6.17. The van der Waals surface area contributed by atoms with E-state index in [-0.39, 0.29) is 17.4 Å². The van der Waals surface area contributed by atoms with E-state index in [9.17, 15) is 4.79 Å². The lowest BCUT2D eigenvalue weighted by atomic mass is 9.83. The molecule has 5 rings (SSSR count). The Balaban J connectivity index is 1.74. The third-order valence-electron chi connectivity index (χ3n) is 6.56. The Morgan fingerprint density at radius 3 is 2.38 bits per heavy atom. The van der Waals surface area contributed by atoms with Gasteiger partial charge in [0.1, 0.15) is 5.69 Å². The lowest BCUT2D eigenvalue weighted by Crippen LogP contribution is -2.31. The number of unbranched alkanes of at least 4 members (excludes halogenated alkanes) is 1. The van der Waals surface area contributed by atoms with Gasteiger partial charge < -0.3 is 13.9 Å². The summed E-state index contributed by atoms with van der Waals surface area (Å²) in [4.78, 5) is 17.7. The largest absolute Gasteiger partial charge is 0.487 e. The molecule has 2 aromatic carbocycles. The molecule has 0 saturated heterocycles. The molecule has 0 amide bonds. The van der Waals surface area contributed by atoms with Crippen molar-refractivity contribution >= 4 is 6.08 Å². The van der Waals surface area contributed by atoms with Crippen molar-refractivity contribution < 1.29 is 4.74 Å². The van der Waals surface area contributed by atoms with Gasteiger partial charge in [-0.05, 0) is 23.6 Å². The zero-order chi connectivity index (χ0) is 23.5. The summed E-state index contributed by atoms with van der Waals surface area (Å²) in [5.74, 6) is 1.19. The first kappa shape index (κ1) is 22.0. The highest BCUT2D eigenvalue weighted by molar-refractivity contribution is 5.64. The van der Waals surface area contributed by atoms with Crippen molar-refractivity contribution in [2.24, 2.45) is 0 Å². The maximum Gasteiger partial charge on any atom is 0.224 e. The number of fused-ring (bicyclic) bond motifs is 3. The van der Waals surface area contributed by atoms with Crippen LogP contribution in [0.15, 0.2) is 90.5 Å². The molecule has 1 aliphatic heterocycles. The smallest absolute Gasteiger partial charge is 0.224 e. The Labute approximate surface area is 200 Å². The highest BCUT2D eigenvalue weighted by atomic mass is 16.5. The van der Waals surface area contributed by atoms with Crippen molar-refractivity contribution in [3.05, 3.63) is 113 Å². The Bertz CT molecular complexity index is 1300. The summed E-state index contributed by atoms with van der Waals surface area (Å²) in [5, 5.41) is 0. The standard InChI is InChI=1S/C29H29N3O2/c1-3-5-18-34-28-25(33)16-17-31-24(20-32-23(4-2)19-30-29(32)27(28)31)26(21-12-8-6-9-13-21)22-14-10-7-11-15-22/h4,6-17,19,24,26H,2-3,5,18,20H2,1H3/t24-/m1/s1. The van der Waals surface area contributed by atoms with Gasteiger partial charge in [0.2, 0.25) is 5.43 Å². The number of imidazole rings is 1. The maximum atomic E-state index is 13.0. The summed E-state index contributed by atoms with van der Waals surface area (Å²) in [6.45, 7) is 7.31. The summed E-state index contributed by atoms with van der Waals surface area (Å²) in [6, 6.07) is 22.7.